The van der Waals surface area contributed by atoms with Crippen LogP contribution in [0, 0.1) is 11.7 Å². The number of fused-ring (bicyclic) bond motifs is 1. The molecule has 4 nitrogen and oxygen atoms in total. The molecular weight excluding hydrogens is 259 g/mol. The predicted molar refractivity (Wildman–Crippen MR) is 73.3 cm³/mol. The zero-order chi connectivity index (χ0) is 14.1. The lowest BCUT2D eigenvalue weighted by atomic mass is 9.85. The smallest absolute Gasteiger partial charge is 0.220 e. The maximum atomic E-state index is 14.0. The van der Waals surface area contributed by atoms with Gasteiger partial charge in [-0.2, -0.15) is 0 Å². The Hall–Kier alpha value is -1.91. The summed E-state index contributed by atoms with van der Waals surface area (Å²) in [6.45, 7) is 1.34. The molecule has 2 fully saturated rings. The molecule has 1 aromatic carbocycles. The summed E-state index contributed by atoms with van der Waals surface area (Å²) in [7, 11) is 0. The van der Waals surface area contributed by atoms with Crippen LogP contribution in [0.2, 0.25) is 0 Å². The summed E-state index contributed by atoms with van der Waals surface area (Å²) in [5, 5.41) is 3.00. The van der Waals surface area contributed by atoms with E-state index in [1.165, 1.54) is 6.07 Å². The van der Waals surface area contributed by atoms with E-state index in [2.05, 4.69) is 5.32 Å². The van der Waals surface area contributed by atoms with Crippen LogP contribution in [0.25, 0.3) is 0 Å². The van der Waals surface area contributed by atoms with Gasteiger partial charge in [-0.1, -0.05) is 6.07 Å². The molecule has 5 heteroatoms. The van der Waals surface area contributed by atoms with Gasteiger partial charge in [-0.25, -0.2) is 4.39 Å². The van der Waals surface area contributed by atoms with Crippen molar-refractivity contribution in [2.24, 2.45) is 5.92 Å². The summed E-state index contributed by atoms with van der Waals surface area (Å²) in [5.41, 5.74) is 0.793. The molecule has 0 aromatic heterocycles. The summed E-state index contributed by atoms with van der Waals surface area (Å²) in [6, 6.07) is 4.77. The quantitative estimate of drug-likeness (QED) is 0.837. The van der Waals surface area contributed by atoms with Crippen molar-refractivity contribution in [1.29, 1.82) is 0 Å². The van der Waals surface area contributed by atoms with Crippen molar-refractivity contribution in [3.05, 3.63) is 29.6 Å². The second-order valence-corrected chi connectivity index (χ2v) is 5.50. The Morgan fingerprint density at radius 3 is 3.00 bits per heavy atom. The Labute approximate surface area is 117 Å². The van der Waals surface area contributed by atoms with Gasteiger partial charge in [-0.3, -0.25) is 9.59 Å². The van der Waals surface area contributed by atoms with Gasteiger partial charge in [0, 0.05) is 31.1 Å². The highest BCUT2D eigenvalue weighted by Crippen LogP contribution is 2.31. The van der Waals surface area contributed by atoms with Crippen molar-refractivity contribution in [3.63, 3.8) is 0 Å². The van der Waals surface area contributed by atoms with Crippen LogP contribution < -0.4 is 10.2 Å². The first kappa shape index (κ1) is 13.1. The number of nitrogens with one attached hydrogen (secondary N) is 1. The van der Waals surface area contributed by atoms with E-state index in [1.807, 2.05) is 4.90 Å². The van der Waals surface area contributed by atoms with Crippen LogP contribution in [-0.4, -0.2) is 31.3 Å². The van der Waals surface area contributed by atoms with E-state index in [4.69, 9.17) is 0 Å². The number of anilines is 1. The topological polar surface area (TPSA) is 49.4 Å². The van der Waals surface area contributed by atoms with Crippen molar-refractivity contribution in [2.75, 3.05) is 18.0 Å². The molecule has 2 aliphatic rings. The molecule has 2 atom stereocenters. The molecule has 2 unspecified atom stereocenters. The van der Waals surface area contributed by atoms with E-state index >= 15 is 0 Å². The number of benzene rings is 1. The number of amides is 1. The lowest BCUT2D eigenvalue weighted by Gasteiger charge is -2.42. The molecule has 2 saturated heterocycles. The van der Waals surface area contributed by atoms with Crippen LogP contribution in [0.3, 0.4) is 0 Å². The molecule has 106 valence electrons. The van der Waals surface area contributed by atoms with Crippen LogP contribution >= 0.6 is 0 Å². The van der Waals surface area contributed by atoms with Crippen LogP contribution in [-0.2, 0) is 4.79 Å². The number of carbonyl (C=O) groups excluding carboxylic acids is 2. The number of halogens is 1. The van der Waals surface area contributed by atoms with Gasteiger partial charge in [0.05, 0.1) is 5.69 Å². The highest BCUT2D eigenvalue weighted by atomic mass is 19.1. The molecule has 1 N–H and O–H groups in total. The van der Waals surface area contributed by atoms with E-state index in [-0.39, 0.29) is 17.8 Å². The molecule has 20 heavy (non-hydrogen) atoms. The molecule has 0 bridgehead atoms. The minimum atomic E-state index is -0.354. The first-order chi connectivity index (χ1) is 9.69. The first-order valence-electron chi connectivity index (χ1n) is 6.97. The highest BCUT2D eigenvalue weighted by molar-refractivity contribution is 5.85. The van der Waals surface area contributed by atoms with Gasteiger partial charge < -0.3 is 10.2 Å². The summed E-state index contributed by atoms with van der Waals surface area (Å²) in [4.78, 5) is 24.4. The largest absolute Gasteiger partial charge is 0.368 e. The van der Waals surface area contributed by atoms with Gasteiger partial charge in [0.15, 0.2) is 6.29 Å². The van der Waals surface area contributed by atoms with Gasteiger partial charge in [-0.15, -0.1) is 0 Å². The minimum Gasteiger partial charge on any atom is -0.368 e. The van der Waals surface area contributed by atoms with E-state index in [0.717, 1.165) is 12.8 Å². The second kappa shape index (κ2) is 5.23. The van der Waals surface area contributed by atoms with E-state index in [1.54, 1.807) is 12.1 Å². The molecule has 3 rings (SSSR count). The Balaban J connectivity index is 1.83. The number of para-hydroxylation sites is 1. The van der Waals surface area contributed by atoms with Crippen LogP contribution in [0.5, 0.6) is 0 Å². The summed E-state index contributed by atoms with van der Waals surface area (Å²) >= 11 is 0. The molecule has 0 saturated carbocycles. The SMILES string of the molecule is O=Cc1cccc(F)c1N1CCC2NC(=O)CCC2C1. The zero-order valence-electron chi connectivity index (χ0n) is 11.1. The average molecular weight is 276 g/mol. The minimum absolute atomic E-state index is 0.110. The third-order valence-corrected chi connectivity index (χ3v) is 4.28. The number of piperidine rings is 2. The van der Waals surface area contributed by atoms with E-state index in [9.17, 15) is 14.0 Å². The highest BCUT2D eigenvalue weighted by Gasteiger charge is 2.34. The van der Waals surface area contributed by atoms with Crippen molar-refractivity contribution in [1.82, 2.24) is 5.32 Å². The molecule has 2 heterocycles. The molecule has 0 radical (unpaired) electrons. The third kappa shape index (κ3) is 2.28. The predicted octanol–water partition coefficient (Wildman–Crippen LogP) is 1.74. The number of rotatable bonds is 2. The molecule has 1 aromatic rings. The lowest BCUT2D eigenvalue weighted by molar-refractivity contribution is -0.124. The van der Waals surface area contributed by atoms with Gasteiger partial charge in [0.1, 0.15) is 5.82 Å². The molecule has 0 aliphatic carbocycles. The first-order valence-corrected chi connectivity index (χ1v) is 6.97. The van der Waals surface area contributed by atoms with Crippen molar-refractivity contribution >= 4 is 17.9 Å². The summed E-state index contributed by atoms with van der Waals surface area (Å²) < 4.78 is 14.0. The fourth-order valence-corrected chi connectivity index (χ4v) is 3.27. The zero-order valence-corrected chi connectivity index (χ0v) is 11.1. The monoisotopic (exact) mass is 276 g/mol. The van der Waals surface area contributed by atoms with Crippen LogP contribution in [0.4, 0.5) is 10.1 Å². The Kier molecular flexibility index (Phi) is 3.42. The number of carbonyl (C=O) groups is 2. The van der Waals surface area contributed by atoms with E-state index < -0.39 is 0 Å². The second-order valence-electron chi connectivity index (χ2n) is 5.50. The molecule has 0 spiro atoms. The number of hydrogen-bond donors (Lipinski definition) is 1. The Bertz CT molecular complexity index is 547. The van der Waals surface area contributed by atoms with Crippen LogP contribution in [0.1, 0.15) is 29.6 Å². The summed E-state index contributed by atoms with van der Waals surface area (Å²) in [5.74, 6) is 0.0904. The van der Waals surface area contributed by atoms with E-state index in [0.29, 0.717) is 43.0 Å². The van der Waals surface area contributed by atoms with Gasteiger partial charge in [0.2, 0.25) is 5.91 Å². The van der Waals surface area contributed by atoms with Crippen molar-refractivity contribution in [2.45, 2.75) is 25.3 Å². The van der Waals surface area contributed by atoms with Crippen molar-refractivity contribution in [3.8, 4) is 0 Å². The number of aldehydes is 1. The fraction of sp³-hybridized carbons (Fsp3) is 0.467. The fourth-order valence-electron chi connectivity index (χ4n) is 3.27. The average Bonchev–Trinajstić information content (AvgIpc) is 2.46. The van der Waals surface area contributed by atoms with Crippen LogP contribution in [0.15, 0.2) is 18.2 Å². The Morgan fingerprint density at radius 1 is 1.35 bits per heavy atom. The third-order valence-electron chi connectivity index (χ3n) is 4.28. The normalized spacial score (nSPS) is 25.9. The summed E-state index contributed by atoms with van der Waals surface area (Å²) in [6.07, 6.45) is 2.86. The molecule has 1 amide bonds. The van der Waals surface area contributed by atoms with Crippen molar-refractivity contribution < 1.29 is 14.0 Å². The lowest BCUT2D eigenvalue weighted by Crippen LogP contribution is -2.54. The molecular formula is C15H17FN2O2. The standard InChI is InChI=1S/C15H17FN2O2/c16-12-3-1-2-11(9-19)15(12)18-7-6-13-10(8-18)4-5-14(20)17-13/h1-3,9-10,13H,4-8H2,(H,17,20). The maximum absolute atomic E-state index is 14.0. The van der Waals surface area contributed by atoms with Gasteiger partial charge in [0.25, 0.3) is 0 Å². The Morgan fingerprint density at radius 2 is 2.20 bits per heavy atom. The number of hydrogen-bond acceptors (Lipinski definition) is 3. The number of nitrogens with zero attached hydrogens (tertiary/aromatic N) is 1. The van der Waals surface area contributed by atoms with Gasteiger partial charge in [-0.05, 0) is 30.9 Å². The molecule has 2 aliphatic heterocycles. The van der Waals surface area contributed by atoms with Gasteiger partial charge >= 0.3 is 0 Å². The maximum Gasteiger partial charge on any atom is 0.220 e.